The molecule has 0 saturated heterocycles. The average molecular weight is 267 g/mol. The summed E-state index contributed by atoms with van der Waals surface area (Å²) in [5.74, 6) is 0.599. The first-order valence-corrected chi connectivity index (χ1v) is 6.29. The Bertz CT molecular complexity index is 576. The molecular weight excluding hydrogens is 250 g/mol. The van der Waals surface area contributed by atoms with Crippen LogP contribution < -0.4 is 4.74 Å². The lowest BCUT2D eigenvalue weighted by Gasteiger charge is -2.04. The van der Waals surface area contributed by atoms with E-state index >= 15 is 0 Å². The maximum Gasteiger partial charge on any atom is 0.215 e. The van der Waals surface area contributed by atoms with Crippen molar-refractivity contribution in [3.63, 3.8) is 0 Å². The summed E-state index contributed by atoms with van der Waals surface area (Å²) < 4.78 is 12.9. The van der Waals surface area contributed by atoms with Crippen molar-refractivity contribution >= 4 is 23.4 Å². The molecule has 98 valence electrons. The van der Waals surface area contributed by atoms with E-state index in [2.05, 4.69) is 9.97 Å². The molecule has 0 amide bonds. The number of nitrogens with one attached hydrogen (secondary N) is 1. The van der Waals surface area contributed by atoms with Gasteiger partial charge in [0.25, 0.3) is 0 Å². The molecule has 2 aromatic rings. The maximum absolute atomic E-state index is 5.31. The van der Waals surface area contributed by atoms with Crippen molar-refractivity contribution in [1.82, 2.24) is 14.5 Å². The Labute approximate surface area is 111 Å². The number of aromatic amines is 1. The van der Waals surface area contributed by atoms with Gasteiger partial charge in [-0.15, -0.1) is 0 Å². The number of unbranched alkanes of at least 4 members (excludes halogenated alkanes) is 1. The normalized spacial score (nSPS) is 11.0. The summed E-state index contributed by atoms with van der Waals surface area (Å²) in [4.78, 5) is 7.57. The first-order chi connectivity index (χ1) is 8.76. The molecule has 0 radical (unpaired) electrons. The predicted molar refractivity (Wildman–Crippen MR) is 72.6 cm³/mol. The van der Waals surface area contributed by atoms with Gasteiger partial charge in [-0.25, -0.2) is 0 Å². The number of nitrogens with zero attached hydrogens (tertiary/aromatic N) is 2. The van der Waals surface area contributed by atoms with Gasteiger partial charge in [-0.1, -0.05) is 0 Å². The van der Waals surface area contributed by atoms with Gasteiger partial charge in [0, 0.05) is 26.3 Å². The van der Waals surface area contributed by atoms with Crippen LogP contribution in [-0.2, 0) is 11.3 Å². The van der Waals surface area contributed by atoms with Crippen molar-refractivity contribution in [2.75, 3.05) is 20.8 Å². The molecule has 0 bridgehead atoms. The van der Waals surface area contributed by atoms with Crippen molar-refractivity contribution in [1.29, 1.82) is 0 Å². The molecule has 2 rings (SSSR count). The van der Waals surface area contributed by atoms with Crippen LogP contribution >= 0.6 is 12.2 Å². The highest BCUT2D eigenvalue weighted by Crippen LogP contribution is 2.16. The van der Waals surface area contributed by atoms with E-state index in [1.54, 1.807) is 14.2 Å². The molecule has 0 fully saturated rings. The third-order valence-corrected chi connectivity index (χ3v) is 3.10. The first kappa shape index (κ1) is 13.0. The number of aromatic nitrogens is 3. The molecule has 18 heavy (non-hydrogen) atoms. The molecule has 6 heteroatoms. The first-order valence-electron chi connectivity index (χ1n) is 5.88. The summed E-state index contributed by atoms with van der Waals surface area (Å²) in [5, 5.41) is 0. The average Bonchev–Trinajstić information content (AvgIpc) is 2.70. The van der Waals surface area contributed by atoms with Gasteiger partial charge in [0.2, 0.25) is 5.88 Å². The minimum absolute atomic E-state index is 0.599. The summed E-state index contributed by atoms with van der Waals surface area (Å²) in [6.07, 6.45) is 2.02. The lowest BCUT2D eigenvalue weighted by Crippen LogP contribution is -2.01. The van der Waals surface area contributed by atoms with E-state index in [-0.39, 0.29) is 0 Å². The summed E-state index contributed by atoms with van der Waals surface area (Å²) >= 11 is 5.31. The predicted octanol–water partition coefficient (Wildman–Crippen LogP) is 2.53. The van der Waals surface area contributed by atoms with Gasteiger partial charge in [0.05, 0.1) is 12.6 Å². The Morgan fingerprint density at radius 1 is 1.33 bits per heavy atom. The molecule has 2 heterocycles. The van der Waals surface area contributed by atoms with Crippen molar-refractivity contribution in [2.45, 2.75) is 19.4 Å². The zero-order valence-electron chi connectivity index (χ0n) is 10.6. The van der Waals surface area contributed by atoms with Gasteiger partial charge in [-0.05, 0) is 31.1 Å². The SMILES string of the molecule is COCCCCn1c(=S)[nH]c2ccc(OC)nc21. The number of pyridine rings is 1. The van der Waals surface area contributed by atoms with E-state index in [1.807, 2.05) is 16.7 Å². The molecule has 0 aliphatic carbocycles. The van der Waals surface area contributed by atoms with Crippen LogP contribution in [-0.4, -0.2) is 35.4 Å². The number of imidazole rings is 1. The molecule has 0 aliphatic heterocycles. The van der Waals surface area contributed by atoms with Crippen molar-refractivity contribution in [3.8, 4) is 5.88 Å². The Morgan fingerprint density at radius 3 is 2.89 bits per heavy atom. The van der Waals surface area contributed by atoms with Gasteiger partial charge in [0.15, 0.2) is 10.4 Å². The highest BCUT2D eigenvalue weighted by atomic mass is 32.1. The van der Waals surface area contributed by atoms with E-state index in [0.717, 1.165) is 37.2 Å². The molecule has 0 unspecified atom stereocenters. The number of rotatable bonds is 6. The Balaban J connectivity index is 2.24. The number of aryl methyl sites for hydroxylation is 1. The molecular formula is C12H17N3O2S. The molecule has 5 nitrogen and oxygen atoms in total. The van der Waals surface area contributed by atoms with Crippen LogP contribution in [0, 0.1) is 4.77 Å². The van der Waals surface area contributed by atoms with E-state index in [1.165, 1.54) is 0 Å². The fraction of sp³-hybridized carbons (Fsp3) is 0.500. The van der Waals surface area contributed by atoms with Crippen LogP contribution in [0.2, 0.25) is 0 Å². The number of fused-ring (bicyclic) bond motifs is 1. The standard InChI is InChI=1S/C12H17N3O2S/c1-16-8-4-3-7-15-11-9(13-12(15)18)5-6-10(14-11)17-2/h5-6H,3-4,7-8H2,1-2H3,(H,13,18). The van der Waals surface area contributed by atoms with Gasteiger partial charge in [-0.2, -0.15) is 4.98 Å². The van der Waals surface area contributed by atoms with Crippen LogP contribution in [0.4, 0.5) is 0 Å². The zero-order chi connectivity index (χ0) is 13.0. The van der Waals surface area contributed by atoms with Crippen LogP contribution in [0.3, 0.4) is 0 Å². The molecule has 1 N–H and O–H groups in total. The lowest BCUT2D eigenvalue weighted by atomic mass is 10.3. The summed E-state index contributed by atoms with van der Waals surface area (Å²) in [7, 11) is 3.32. The van der Waals surface area contributed by atoms with Crippen LogP contribution in [0.5, 0.6) is 5.88 Å². The molecule has 0 aromatic carbocycles. The lowest BCUT2D eigenvalue weighted by molar-refractivity contribution is 0.191. The monoisotopic (exact) mass is 267 g/mol. The van der Waals surface area contributed by atoms with Crippen molar-refractivity contribution in [2.24, 2.45) is 0 Å². The van der Waals surface area contributed by atoms with Gasteiger partial charge >= 0.3 is 0 Å². The fourth-order valence-corrected chi connectivity index (χ4v) is 2.14. The van der Waals surface area contributed by atoms with E-state index < -0.39 is 0 Å². The minimum Gasteiger partial charge on any atom is -0.481 e. The Hall–Kier alpha value is -1.40. The number of ether oxygens (including phenoxy) is 2. The van der Waals surface area contributed by atoms with Gasteiger partial charge < -0.3 is 19.0 Å². The summed E-state index contributed by atoms with van der Waals surface area (Å²) in [6, 6.07) is 3.76. The van der Waals surface area contributed by atoms with Gasteiger partial charge in [0.1, 0.15) is 0 Å². The third kappa shape index (κ3) is 2.70. The third-order valence-electron chi connectivity index (χ3n) is 2.78. The highest BCUT2D eigenvalue weighted by molar-refractivity contribution is 7.71. The number of hydrogen-bond acceptors (Lipinski definition) is 4. The maximum atomic E-state index is 5.31. The second-order valence-electron chi connectivity index (χ2n) is 4.01. The number of H-pyrrole nitrogens is 1. The fourth-order valence-electron chi connectivity index (χ4n) is 1.85. The van der Waals surface area contributed by atoms with Gasteiger partial charge in [-0.3, -0.25) is 0 Å². The van der Waals surface area contributed by atoms with Crippen LogP contribution in [0.25, 0.3) is 11.2 Å². The van der Waals surface area contributed by atoms with Crippen LogP contribution in [0.15, 0.2) is 12.1 Å². The second kappa shape index (κ2) is 5.97. The number of hydrogen-bond donors (Lipinski definition) is 1. The quantitative estimate of drug-likeness (QED) is 0.645. The van der Waals surface area contributed by atoms with E-state index in [0.29, 0.717) is 10.7 Å². The smallest absolute Gasteiger partial charge is 0.215 e. The Morgan fingerprint density at radius 2 is 2.17 bits per heavy atom. The zero-order valence-corrected chi connectivity index (χ0v) is 11.4. The van der Waals surface area contributed by atoms with Crippen molar-refractivity contribution in [3.05, 3.63) is 16.9 Å². The highest BCUT2D eigenvalue weighted by Gasteiger charge is 2.06. The molecule has 0 aliphatic rings. The van der Waals surface area contributed by atoms with Crippen LogP contribution in [0.1, 0.15) is 12.8 Å². The van der Waals surface area contributed by atoms with E-state index in [4.69, 9.17) is 21.7 Å². The van der Waals surface area contributed by atoms with E-state index in [9.17, 15) is 0 Å². The largest absolute Gasteiger partial charge is 0.481 e. The molecule has 0 atom stereocenters. The second-order valence-corrected chi connectivity index (χ2v) is 4.39. The molecule has 0 saturated carbocycles. The summed E-state index contributed by atoms with van der Waals surface area (Å²) in [5.41, 5.74) is 1.78. The minimum atomic E-state index is 0.599. The topological polar surface area (TPSA) is 52.1 Å². The molecule has 0 spiro atoms. The molecule has 2 aromatic heterocycles. The number of methoxy groups -OCH3 is 2. The Kier molecular flexibility index (Phi) is 4.33. The van der Waals surface area contributed by atoms with Crippen molar-refractivity contribution < 1.29 is 9.47 Å². The summed E-state index contributed by atoms with van der Waals surface area (Å²) in [6.45, 7) is 1.61.